The molecule has 0 saturated heterocycles. The molecule has 0 atom stereocenters. The number of hydrogen-bond acceptors (Lipinski definition) is 3. The molecule has 0 aliphatic heterocycles. The second-order valence-corrected chi connectivity index (χ2v) is 11.5. The molecule has 22 heavy (non-hydrogen) atoms. The molecular weight excluding hydrogens is 448 g/mol. The van der Waals surface area contributed by atoms with Gasteiger partial charge in [-0.1, -0.05) is 64.7 Å². The summed E-state index contributed by atoms with van der Waals surface area (Å²) in [5.41, 5.74) is 0. The van der Waals surface area contributed by atoms with E-state index in [9.17, 15) is 8.42 Å². The first-order chi connectivity index (χ1) is 10.5. The van der Waals surface area contributed by atoms with Crippen LogP contribution < -0.4 is 0 Å². The summed E-state index contributed by atoms with van der Waals surface area (Å²) in [6.45, 7) is 2.24. The van der Waals surface area contributed by atoms with Gasteiger partial charge < -0.3 is 0 Å². The predicted octanol–water partition coefficient (Wildman–Crippen LogP) is 6.97. The molecule has 128 valence electrons. The molecule has 2 nitrogen and oxygen atoms in total. The first kappa shape index (κ1) is 20.7. The van der Waals surface area contributed by atoms with Crippen molar-refractivity contribution in [1.82, 2.24) is 0 Å². The van der Waals surface area contributed by atoms with Crippen LogP contribution >= 0.6 is 43.2 Å². The number of unbranched alkanes of at least 4 members (excludes halogenated alkanes) is 9. The van der Waals surface area contributed by atoms with Gasteiger partial charge in [-0.2, -0.15) is 0 Å². The second-order valence-electron chi connectivity index (χ2n) is 5.69. The lowest BCUT2D eigenvalue weighted by atomic mass is 10.1. The Balaban J connectivity index is 2.13. The van der Waals surface area contributed by atoms with Gasteiger partial charge in [0.05, 0.1) is 18.2 Å². The standard InChI is InChI=1S/C16H26Br2O2S2/c1-2-3-4-5-6-7-8-9-10-11-12-22(19,20)14-13-15(17)21-16(14)18/h13H,2-12H2,1H3. The normalized spacial score (nSPS) is 12.0. The van der Waals surface area contributed by atoms with Crippen molar-refractivity contribution in [3.05, 3.63) is 13.6 Å². The Morgan fingerprint density at radius 2 is 1.41 bits per heavy atom. The lowest BCUT2D eigenvalue weighted by Gasteiger charge is -2.04. The molecule has 0 N–H and O–H groups in total. The number of halogens is 2. The SMILES string of the molecule is CCCCCCCCCCCCS(=O)(=O)c1cc(Br)sc1Br. The highest BCUT2D eigenvalue weighted by atomic mass is 79.9. The molecule has 0 radical (unpaired) electrons. The number of sulfone groups is 1. The van der Waals surface area contributed by atoms with E-state index in [-0.39, 0.29) is 5.75 Å². The van der Waals surface area contributed by atoms with Gasteiger partial charge in [-0.3, -0.25) is 0 Å². The van der Waals surface area contributed by atoms with Crippen molar-refractivity contribution in [2.45, 2.75) is 76.0 Å². The van der Waals surface area contributed by atoms with Crippen LogP contribution in [0.2, 0.25) is 0 Å². The second kappa shape index (κ2) is 11.2. The molecule has 0 aliphatic carbocycles. The average molecular weight is 474 g/mol. The van der Waals surface area contributed by atoms with E-state index in [4.69, 9.17) is 0 Å². The smallest absolute Gasteiger partial charge is 0.180 e. The van der Waals surface area contributed by atoms with Gasteiger partial charge in [-0.05, 0) is 44.3 Å². The van der Waals surface area contributed by atoms with Crippen LogP contribution in [0.3, 0.4) is 0 Å². The quantitative estimate of drug-likeness (QED) is 0.307. The van der Waals surface area contributed by atoms with Crippen LogP contribution in [0.25, 0.3) is 0 Å². The minimum atomic E-state index is -3.14. The molecule has 0 bridgehead atoms. The average Bonchev–Trinajstić information content (AvgIpc) is 2.80. The Morgan fingerprint density at radius 1 is 0.909 bits per heavy atom. The van der Waals surface area contributed by atoms with E-state index in [0.717, 1.165) is 23.0 Å². The van der Waals surface area contributed by atoms with E-state index in [2.05, 4.69) is 38.8 Å². The van der Waals surface area contributed by atoms with E-state index in [1.807, 2.05) is 0 Å². The van der Waals surface area contributed by atoms with Gasteiger partial charge in [0.25, 0.3) is 0 Å². The van der Waals surface area contributed by atoms with Gasteiger partial charge in [-0.15, -0.1) is 11.3 Å². The number of thiophene rings is 1. The van der Waals surface area contributed by atoms with Crippen molar-refractivity contribution in [3.8, 4) is 0 Å². The van der Waals surface area contributed by atoms with Crippen molar-refractivity contribution in [2.75, 3.05) is 5.75 Å². The van der Waals surface area contributed by atoms with E-state index in [0.29, 0.717) is 8.68 Å². The third kappa shape index (κ3) is 7.93. The highest BCUT2D eigenvalue weighted by Crippen LogP contribution is 2.35. The zero-order chi connectivity index (χ0) is 16.4. The Bertz CT molecular complexity index is 524. The van der Waals surface area contributed by atoms with Crippen LogP contribution in [0, 0.1) is 0 Å². The summed E-state index contributed by atoms with van der Waals surface area (Å²) in [6, 6.07) is 1.69. The van der Waals surface area contributed by atoms with E-state index < -0.39 is 9.84 Å². The monoisotopic (exact) mass is 472 g/mol. The van der Waals surface area contributed by atoms with Gasteiger partial charge in [0, 0.05) is 0 Å². The maximum atomic E-state index is 12.3. The Labute approximate surface area is 156 Å². The molecule has 0 saturated carbocycles. The molecule has 0 unspecified atom stereocenters. The van der Waals surface area contributed by atoms with Gasteiger partial charge in [0.1, 0.15) is 0 Å². The highest BCUT2D eigenvalue weighted by Gasteiger charge is 2.19. The lowest BCUT2D eigenvalue weighted by Crippen LogP contribution is -2.06. The van der Waals surface area contributed by atoms with Crippen LogP contribution in [0.5, 0.6) is 0 Å². The molecule has 0 aromatic carbocycles. The summed E-state index contributed by atoms with van der Waals surface area (Å²) in [6.07, 6.45) is 12.1. The molecule has 6 heteroatoms. The van der Waals surface area contributed by atoms with Gasteiger partial charge in [0.2, 0.25) is 0 Å². The van der Waals surface area contributed by atoms with Crippen molar-refractivity contribution in [1.29, 1.82) is 0 Å². The summed E-state index contributed by atoms with van der Waals surface area (Å²) in [5.74, 6) is 0.255. The summed E-state index contributed by atoms with van der Waals surface area (Å²) >= 11 is 8.07. The molecular formula is C16H26Br2O2S2. The van der Waals surface area contributed by atoms with Gasteiger partial charge in [0.15, 0.2) is 9.84 Å². The summed E-state index contributed by atoms with van der Waals surface area (Å²) in [5, 5.41) is 0. The maximum Gasteiger partial charge on any atom is 0.180 e. The van der Waals surface area contributed by atoms with Crippen LogP contribution in [-0.4, -0.2) is 14.2 Å². The summed E-state index contributed by atoms with van der Waals surface area (Å²) < 4.78 is 26.1. The molecule has 0 amide bonds. The first-order valence-corrected chi connectivity index (χ1v) is 12.2. The summed E-state index contributed by atoms with van der Waals surface area (Å²) in [4.78, 5) is 0.431. The van der Waals surface area contributed by atoms with E-state index in [1.165, 1.54) is 56.3 Å². The van der Waals surface area contributed by atoms with Gasteiger partial charge >= 0.3 is 0 Å². The first-order valence-electron chi connectivity index (χ1n) is 8.15. The molecule has 1 aromatic rings. The zero-order valence-corrected chi connectivity index (χ0v) is 18.0. The van der Waals surface area contributed by atoms with Crippen molar-refractivity contribution in [3.63, 3.8) is 0 Å². The minimum absolute atomic E-state index is 0.255. The Hall–Kier alpha value is 0.610. The third-order valence-corrected chi connectivity index (χ3v) is 8.28. The number of rotatable bonds is 12. The minimum Gasteiger partial charge on any atom is -0.224 e. The van der Waals surface area contributed by atoms with Crippen LogP contribution in [-0.2, 0) is 9.84 Å². The number of hydrogen-bond donors (Lipinski definition) is 0. The van der Waals surface area contributed by atoms with Crippen LogP contribution in [0.1, 0.15) is 71.1 Å². The molecule has 1 heterocycles. The molecule has 1 rings (SSSR count). The van der Waals surface area contributed by atoms with Crippen LogP contribution in [0.4, 0.5) is 0 Å². The molecule has 1 aromatic heterocycles. The van der Waals surface area contributed by atoms with Crippen molar-refractivity contribution < 1.29 is 8.42 Å². The fraction of sp³-hybridized carbons (Fsp3) is 0.750. The molecule has 0 aliphatic rings. The summed E-state index contributed by atoms with van der Waals surface area (Å²) in [7, 11) is -3.14. The maximum absolute atomic E-state index is 12.3. The van der Waals surface area contributed by atoms with Crippen molar-refractivity contribution in [2.24, 2.45) is 0 Å². The molecule has 0 fully saturated rings. The van der Waals surface area contributed by atoms with Gasteiger partial charge in [-0.25, -0.2) is 8.42 Å². The fourth-order valence-corrected chi connectivity index (χ4v) is 7.76. The lowest BCUT2D eigenvalue weighted by molar-refractivity contribution is 0.558. The Kier molecular flexibility index (Phi) is 10.5. The van der Waals surface area contributed by atoms with Crippen molar-refractivity contribution >= 4 is 53.0 Å². The zero-order valence-electron chi connectivity index (χ0n) is 13.2. The largest absolute Gasteiger partial charge is 0.224 e. The topological polar surface area (TPSA) is 34.1 Å². The molecule has 0 spiro atoms. The van der Waals surface area contributed by atoms with E-state index in [1.54, 1.807) is 6.07 Å². The Morgan fingerprint density at radius 3 is 1.86 bits per heavy atom. The van der Waals surface area contributed by atoms with Crippen LogP contribution in [0.15, 0.2) is 18.5 Å². The fourth-order valence-electron chi connectivity index (χ4n) is 2.43. The van der Waals surface area contributed by atoms with E-state index >= 15 is 0 Å². The highest BCUT2D eigenvalue weighted by molar-refractivity contribution is 9.12. The third-order valence-electron chi connectivity index (χ3n) is 3.73. The predicted molar refractivity (Wildman–Crippen MR) is 104 cm³/mol.